The van der Waals surface area contributed by atoms with Crippen molar-refractivity contribution in [3.8, 4) is 0 Å². The maximum absolute atomic E-state index is 11.6. The van der Waals surface area contributed by atoms with Gasteiger partial charge in [-0.25, -0.2) is 0 Å². The zero-order valence-electron chi connectivity index (χ0n) is 9.06. The number of carbonyl (C=O) groups excluding carboxylic acids is 1. The molecule has 1 aromatic rings. The highest BCUT2D eigenvalue weighted by atomic mass is 32.1. The Hall–Kier alpha value is -0.870. The van der Waals surface area contributed by atoms with Gasteiger partial charge in [0.2, 0.25) is 5.91 Å². The number of amides is 1. The molecule has 82 valence electrons. The van der Waals surface area contributed by atoms with E-state index in [1.165, 1.54) is 10.4 Å². The predicted molar refractivity (Wildman–Crippen MR) is 61.8 cm³/mol. The maximum atomic E-state index is 11.6. The Morgan fingerprint density at radius 3 is 2.93 bits per heavy atom. The topological polar surface area (TPSA) is 46.3 Å². The molecule has 3 nitrogen and oxygen atoms in total. The average Bonchev–Trinajstić information content (AvgIpc) is 2.60. The van der Waals surface area contributed by atoms with Gasteiger partial charge in [0, 0.05) is 24.4 Å². The van der Waals surface area contributed by atoms with Crippen LogP contribution in [-0.4, -0.2) is 23.9 Å². The molecule has 2 heterocycles. The van der Waals surface area contributed by atoms with Crippen LogP contribution in [0.5, 0.6) is 0 Å². The van der Waals surface area contributed by atoms with E-state index in [0.717, 1.165) is 6.42 Å². The fraction of sp³-hybridized carbons (Fsp3) is 0.545. The van der Waals surface area contributed by atoms with Crippen LogP contribution in [0.4, 0.5) is 0 Å². The van der Waals surface area contributed by atoms with E-state index >= 15 is 0 Å². The van der Waals surface area contributed by atoms with Crippen LogP contribution in [-0.2, 0) is 4.79 Å². The molecule has 0 bridgehead atoms. The molecule has 2 atom stereocenters. The summed E-state index contributed by atoms with van der Waals surface area (Å²) in [4.78, 5) is 14.7. The molecule has 4 heteroatoms. The van der Waals surface area contributed by atoms with E-state index in [-0.39, 0.29) is 18.0 Å². The summed E-state index contributed by atoms with van der Waals surface area (Å²) in [6, 6.07) is 2.23. The highest BCUT2D eigenvalue weighted by Crippen LogP contribution is 2.34. The molecule has 1 aliphatic rings. The second-order valence-electron chi connectivity index (χ2n) is 4.12. The molecule has 2 rings (SSSR count). The number of piperidine rings is 1. The van der Waals surface area contributed by atoms with E-state index in [1.807, 2.05) is 7.05 Å². The smallest absolute Gasteiger partial charge is 0.222 e. The SMILES string of the molecule is Cc1ccsc1C1C(N)CCC(=O)N1C. The Kier molecular flexibility index (Phi) is 2.80. The number of nitrogens with two attached hydrogens (primary N) is 1. The average molecular weight is 224 g/mol. The largest absolute Gasteiger partial charge is 0.336 e. The molecular formula is C11H16N2OS. The van der Waals surface area contributed by atoms with Gasteiger partial charge in [0.25, 0.3) is 0 Å². The minimum Gasteiger partial charge on any atom is -0.336 e. The second-order valence-corrected chi connectivity index (χ2v) is 5.07. The van der Waals surface area contributed by atoms with Crippen molar-refractivity contribution in [1.82, 2.24) is 4.90 Å². The first-order valence-corrected chi connectivity index (χ1v) is 6.04. The highest BCUT2D eigenvalue weighted by molar-refractivity contribution is 7.10. The summed E-state index contributed by atoms with van der Waals surface area (Å²) in [7, 11) is 1.85. The van der Waals surface area contributed by atoms with Crippen molar-refractivity contribution in [3.05, 3.63) is 21.9 Å². The Morgan fingerprint density at radius 1 is 1.60 bits per heavy atom. The van der Waals surface area contributed by atoms with Crippen LogP contribution in [0.15, 0.2) is 11.4 Å². The highest BCUT2D eigenvalue weighted by Gasteiger charge is 2.33. The van der Waals surface area contributed by atoms with Gasteiger partial charge in [0.05, 0.1) is 6.04 Å². The molecular weight excluding hydrogens is 208 g/mol. The normalized spacial score (nSPS) is 27.1. The lowest BCUT2D eigenvalue weighted by molar-refractivity contribution is -0.135. The van der Waals surface area contributed by atoms with Crippen molar-refractivity contribution in [2.75, 3.05) is 7.05 Å². The molecule has 1 saturated heterocycles. The number of aryl methyl sites for hydroxylation is 1. The van der Waals surface area contributed by atoms with Gasteiger partial charge < -0.3 is 10.6 Å². The quantitative estimate of drug-likeness (QED) is 0.789. The molecule has 1 fully saturated rings. The maximum Gasteiger partial charge on any atom is 0.222 e. The van der Waals surface area contributed by atoms with Gasteiger partial charge >= 0.3 is 0 Å². The summed E-state index contributed by atoms with van der Waals surface area (Å²) in [5, 5.41) is 2.06. The number of likely N-dealkylation sites (tertiary alicyclic amines) is 1. The molecule has 0 radical (unpaired) electrons. The lowest BCUT2D eigenvalue weighted by Crippen LogP contribution is -2.46. The van der Waals surface area contributed by atoms with E-state index in [2.05, 4.69) is 18.4 Å². The van der Waals surface area contributed by atoms with E-state index in [0.29, 0.717) is 6.42 Å². The molecule has 0 spiro atoms. The lowest BCUT2D eigenvalue weighted by atomic mass is 9.94. The van der Waals surface area contributed by atoms with Gasteiger partial charge in [0.15, 0.2) is 0 Å². The standard InChI is InChI=1S/C11H16N2OS/c1-7-5-6-15-11(7)10-8(12)3-4-9(14)13(10)2/h5-6,8,10H,3-4,12H2,1-2H3. The number of nitrogens with zero attached hydrogens (tertiary/aromatic N) is 1. The van der Waals surface area contributed by atoms with Crippen LogP contribution in [0, 0.1) is 6.92 Å². The molecule has 1 amide bonds. The van der Waals surface area contributed by atoms with Crippen molar-refractivity contribution >= 4 is 17.2 Å². The predicted octanol–water partition coefficient (Wildman–Crippen LogP) is 1.68. The molecule has 0 aromatic carbocycles. The lowest BCUT2D eigenvalue weighted by Gasteiger charge is -2.37. The third kappa shape index (κ3) is 1.79. The Morgan fingerprint density at radius 2 is 2.33 bits per heavy atom. The van der Waals surface area contributed by atoms with Gasteiger partial charge in [-0.05, 0) is 30.4 Å². The van der Waals surface area contributed by atoms with Crippen LogP contribution in [0.1, 0.15) is 29.3 Å². The number of carbonyl (C=O) groups is 1. The molecule has 1 aliphatic heterocycles. The minimum absolute atomic E-state index is 0.0741. The van der Waals surface area contributed by atoms with Crippen molar-refractivity contribution in [1.29, 1.82) is 0 Å². The first-order chi connectivity index (χ1) is 7.11. The number of likely N-dealkylation sites (N-methyl/N-ethyl adjacent to an activating group) is 1. The van der Waals surface area contributed by atoms with Crippen LogP contribution >= 0.6 is 11.3 Å². The number of hydrogen-bond donors (Lipinski definition) is 1. The van der Waals surface area contributed by atoms with E-state index < -0.39 is 0 Å². The molecule has 15 heavy (non-hydrogen) atoms. The van der Waals surface area contributed by atoms with Gasteiger partial charge in [-0.3, -0.25) is 4.79 Å². The van der Waals surface area contributed by atoms with E-state index in [9.17, 15) is 4.79 Å². The molecule has 0 saturated carbocycles. The van der Waals surface area contributed by atoms with Crippen molar-refractivity contribution in [2.24, 2.45) is 5.73 Å². The summed E-state index contributed by atoms with van der Waals surface area (Å²) < 4.78 is 0. The fourth-order valence-electron chi connectivity index (χ4n) is 2.12. The summed E-state index contributed by atoms with van der Waals surface area (Å²) in [5.74, 6) is 0.203. The first kappa shape index (κ1) is 10.6. The number of rotatable bonds is 1. The summed E-state index contributed by atoms with van der Waals surface area (Å²) >= 11 is 1.69. The van der Waals surface area contributed by atoms with Crippen LogP contribution in [0.3, 0.4) is 0 Å². The summed E-state index contributed by atoms with van der Waals surface area (Å²) in [6.07, 6.45) is 1.38. The molecule has 0 aliphatic carbocycles. The zero-order valence-corrected chi connectivity index (χ0v) is 9.88. The third-order valence-electron chi connectivity index (χ3n) is 3.08. The van der Waals surface area contributed by atoms with E-state index in [4.69, 9.17) is 5.73 Å². The van der Waals surface area contributed by atoms with Crippen LogP contribution in [0.2, 0.25) is 0 Å². The fourth-order valence-corrected chi connectivity index (χ4v) is 3.27. The molecule has 1 aromatic heterocycles. The summed E-state index contributed by atoms with van der Waals surface area (Å²) in [5.41, 5.74) is 7.34. The number of hydrogen-bond acceptors (Lipinski definition) is 3. The monoisotopic (exact) mass is 224 g/mol. The summed E-state index contributed by atoms with van der Waals surface area (Å²) in [6.45, 7) is 2.07. The van der Waals surface area contributed by atoms with Gasteiger partial charge in [-0.2, -0.15) is 0 Å². The minimum atomic E-state index is 0.0741. The van der Waals surface area contributed by atoms with Crippen molar-refractivity contribution in [3.63, 3.8) is 0 Å². The Balaban J connectivity index is 2.33. The number of thiophene rings is 1. The Labute approximate surface area is 93.9 Å². The van der Waals surface area contributed by atoms with Gasteiger partial charge in [0.1, 0.15) is 0 Å². The van der Waals surface area contributed by atoms with Crippen molar-refractivity contribution in [2.45, 2.75) is 31.8 Å². The zero-order chi connectivity index (χ0) is 11.0. The van der Waals surface area contributed by atoms with Crippen LogP contribution in [0.25, 0.3) is 0 Å². The van der Waals surface area contributed by atoms with Crippen molar-refractivity contribution < 1.29 is 4.79 Å². The van der Waals surface area contributed by atoms with Crippen LogP contribution < -0.4 is 5.73 Å². The molecule has 2 unspecified atom stereocenters. The van der Waals surface area contributed by atoms with Gasteiger partial charge in [-0.1, -0.05) is 0 Å². The first-order valence-electron chi connectivity index (χ1n) is 5.16. The third-order valence-corrected chi connectivity index (χ3v) is 4.17. The van der Waals surface area contributed by atoms with Gasteiger partial charge in [-0.15, -0.1) is 11.3 Å². The second kappa shape index (κ2) is 3.94. The molecule has 2 N–H and O–H groups in total. The Bertz CT molecular complexity index is 374. The van der Waals surface area contributed by atoms with E-state index in [1.54, 1.807) is 16.2 Å².